The number of hydrogen-bond acceptors (Lipinski definition) is 3. The lowest BCUT2D eigenvalue weighted by molar-refractivity contribution is 0.734. The molecule has 130 valence electrons. The summed E-state index contributed by atoms with van der Waals surface area (Å²) in [6.45, 7) is 4.59. The largest absolute Gasteiger partial charge is 0.357 e. The lowest BCUT2D eigenvalue weighted by atomic mass is 10.2. The fourth-order valence-corrected chi connectivity index (χ4v) is 2.76. The van der Waals surface area contributed by atoms with Crippen molar-refractivity contribution in [2.75, 3.05) is 25.1 Å². The summed E-state index contributed by atoms with van der Waals surface area (Å²) >= 11 is 1.90. The van der Waals surface area contributed by atoms with Crippen molar-refractivity contribution >= 4 is 17.7 Å². The summed E-state index contributed by atoms with van der Waals surface area (Å²) in [5.74, 6) is 2.11. The number of nitrogens with zero attached hydrogens (tertiary/aromatic N) is 3. The van der Waals surface area contributed by atoms with E-state index in [1.807, 2.05) is 28.7 Å². The number of thioether (sulfide) groups is 1. The summed E-state index contributed by atoms with van der Waals surface area (Å²) < 4.78 is 1.85. The lowest BCUT2D eigenvalue weighted by Crippen LogP contribution is -2.37. The van der Waals surface area contributed by atoms with Crippen LogP contribution in [0.4, 0.5) is 0 Å². The van der Waals surface area contributed by atoms with E-state index in [9.17, 15) is 0 Å². The third kappa shape index (κ3) is 6.28. The Bertz CT molecular complexity index is 592. The maximum Gasteiger partial charge on any atom is 0.191 e. The molecule has 2 aromatic rings. The van der Waals surface area contributed by atoms with Crippen LogP contribution >= 0.6 is 11.8 Å². The van der Waals surface area contributed by atoms with Crippen molar-refractivity contribution < 1.29 is 0 Å². The van der Waals surface area contributed by atoms with Crippen molar-refractivity contribution in [3.63, 3.8) is 0 Å². The number of rotatable bonds is 9. The first-order valence-corrected chi connectivity index (χ1v) is 9.83. The SMILES string of the molecule is CCNC(=NCc1ccc(-n2cccn2)cc1)NCCCCSC. The van der Waals surface area contributed by atoms with E-state index in [1.54, 1.807) is 6.20 Å². The summed E-state index contributed by atoms with van der Waals surface area (Å²) in [7, 11) is 0. The topological polar surface area (TPSA) is 54.2 Å². The van der Waals surface area contributed by atoms with Gasteiger partial charge in [-0.25, -0.2) is 9.67 Å². The fraction of sp³-hybridized carbons (Fsp3) is 0.444. The Morgan fingerprint density at radius 3 is 2.71 bits per heavy atom. The van der Waals surface area contributed by atoms with Gasteiger partial charge in [0.15, 0.2) is 5.96 Å². The van der Waals surface area contributed by atoms with Crippen molar-refractivity contribution in [1.29, 1.82) is 0 Å². The van der Waals surface area contributed by atoms with Crippen LogP contribution in [0, 0.1) is 0 Å². The van der Waals surface area contributed by atoms with Crippen LogP contribution in [0.3, 0.4) is 0 Å². The number of nitrogens with one attached hydrogen (secondary N) is 2. The molecule has 0 fully saturated rings. The Morgan fingerprint density at radius 2 is 2.04 bits per heavy atom. The second-order valence-electron chi connectivity index (χ2n) is 5.44. The highest BCUT2D eigenvalue weighted by atomic mass is 32.2. The molecule has 0 saturated heterocycles. The van der Waals surface area contributed by atoms with Crippen LogP contribution < -0.4 is 10.6 Å². The predicted octanol–water partition coefficient (Wildman–Crippen LogP) is 3.07. The molecule has 0 bridgehead atoms. The van der Waals surface area contributed by atoms with Gasteiger partial charge in [-0.2, -0.15) is 16.9 Å². The van der Waals surface area contributed by atoms with Gasteiger partial charge in [0, 0.05) is 25.5 Å². The third-order valence-corrected chi connectivity index (χ3v) is 4.23. The Hall–Kier alpha value is -1.95. The van der Waals surface area contributed by atoms with E-state index in [0.29, 0.717) is 6.54 Å². The molecule has 0 spiro atoms. The highest BCUT2D eigenvalue weighted by Gasteiger charge is 1.99. The molecule has 1 aromatic carbocycles. The first-order valence-electron chi connectivity index (χ1n) is 8.43. The summed E-state index contributed by atoms with van der Waals surface area (Å²) in [4.78, 5) is 4.66. The predicted molar refractivity (Wildman–Crippen MR) is 104 cm³/mol. The zero-order chi connectivity index (χ0) is 17.0. The second-order valence-corrected chi connectivity index (χ2v) is 6.42. The Balaban J connectivity index is 1.85. The summed E-state index contributed by atoms with van der Waals surface area (Å²) in [6, 6.07) is 10.3. The van der Waals surface area contributed by atoms with Crippen LogP contribution in [0.15, 0.2) is 47.7 Å². The van der Waals surface area contributed by atoms with E-state index in [0.717, 1.165) is 24.7 Å². The normalized spacial score (nSPS) is 11.5. The number of benzene rings is 1. The first-order chi connectivity index (χ1) is 11.8. The maximum atomic E-state index is 4.66. The molecule has 0 saturated carbocycles. The molecule has 0 aliphatic carbocycles. The van der Waals surface area contributed by atoms with E-state index in [-0.39, 0.29) is 0 Å². The van der Waals surface area contributed by atoms with E-state index in [2.05, 4.69) is 58.2 Å². The van der Waals surface area contributed by atoms with E-state index in [4.69, 9.17) is 0 Å². The number of guanidine groups is 1. The van der Waals surface area contributed by atoms with Gasteiger partial charge in [-0.15, -0.1) is 0 Å². The quantitative estimate of drug-likeness (QED) is 0.417. The molecular weight excluding hydrogens is 318 g/mol. The van der Waals surface area contributed by atoms with Gasteiger partial charge in [-0.3, -0.25) is 0 Å². The van der Waals surface area contributed by atoms with Gasteiger partial charge in [0.2, 0.25) is 0 Å². The molecule has 1 aromatic heterocycles. The van der Waals surface area contributed by atoms with Crippen LogP contribution in [0.2, 0.25) is 0 Å². The average molecular weight is 346 g/mol. The minimum atomic E-state index is 0.666. The highest BCUT2D eigenvalue weighted by molar-refractivity contribution is 7.98. The Kier molecular flexibility index (Phi) is 8.24. The van der Waals surface area contributed by atoms with Crippen molar-refractivity contribution in [1.82, 2.24) is 20.4 Å². The molecule has 1 heterocycles. The molecule has 6 heteroatoms. The van der Waals surface area contributed by atoms with E-state index in [1.165, 1.54) is 24.2 Å². The van der Waals surface area contributed by atoms with Crippen LogP contribution in [-0.4, -0.2) is 40.8 Å². The van der Waals surface area contributed by atoms with Gasteiger partial charge in [0.25, 0.3) is 0 Å². The standard InChI is InChI=1S/C18H27N5S/c1-3-19-18(20-11-4-5-14-24-2)21-15-16-7-9-17(10-8-16)23-13-6-12-22-23/h6-10,12-13H,3-5,11,14-15H2,1-2H3,(H2,19,20,21). The van der Waals surface area contributed by atoms with Crippen molar-refractivity contribution in [3.8, 4) is 5.69 Å². The van der Waals surface area contributed by atoms with Gasteiger partial charge in [-0.05, 0) is 55.5 Å². The maximum absolute atomic E-state index is 4.66. The van der Waals surface area contributed by atoms with E-state index >= 15 is 0 Å². The molecule has 2 rings (SSSR count). The zero-order valence-corrected chi connectivity index (χ0v) is 15.4. The Labute approximate surface area is 148 Å². The number of hydrogen-bond donors (Lipinski definition) is 2. The van der Waals surface area contributed by atoms with Gasteiger partial charge in [0.1, 0.15) is 0 Å². The summed E-state index contributed by atoms with van der Waals surface area (Å²) in [6.07, 6.45) is 8.28. The molecule has 2 N–H and O–H groups in total. The minimum Gasteiger partial charge on any atom is -0.357 e. The second kappa shape index (κ2) is 10.8. The molecule has 0 amide bonds. The van der Waals surface area contributed by atoms with Gasteiger partial charge >= 0.3 is 0 Å². The molecule has 5 nitrogen and oxygen atoms in total. The summed E-state index contributed by atoms with van der Waals surface area (Å²) in [5.41, 5.74) is 2.25. The zero-order valence-electron chi connectivity index (χ0n) is 14.5. The van der Waals surface area contributed by atoms with Gasteiger partial charge in [-0.1, -0.05) is 12.1 Å². The van der Waals surface area contributed by atoms with Crippen LogP contribution in [0.25, 0.3) is 5.69 Å². The molecule has 0 unspecified atom stereocenters. The first kappa shape index (κ1) is 18.4. The van der Waals surface area contributed by atoms with Crippen LogP contribution in [0.1, 0.15) is 25.3 Å². The minimum absolute atomic E-state index is 0.666. The van der Waals surface area contributed by atoms with Crippen molar-refractivity contribution in [3.05, 3.63) is 48.3 Å². The van der Waals surface area contributed by atoms with Gasteiger partial charge < -0.3 is 10.6 Å². The van der Waals surface area contributed by atoms with Crippen LogP contribution in [0.5, 0.6) is 0 Å². The van der Waals surface area contributed by atoms with E-state index < -0.39 is 0 Å². The number of aromatic nitrogens is 2. The monoisotopic (exact) mass is 345 g/mol. The molecular formula is C18H27N5S. The average Bonchev–Trinajstić information content (AvgIpc) is 3.14. The highest BCUT2D eigenvalue weighted by Crippen LogP contribution is 2.09. The molecule has 0 radical (unpaired) electrons. The van der Waals surface area contributed by atoms with Crippen molar-refractivity contribution in [2.24, 2.45) is 4.99 Å². The molecule has 0 aliphatic heterocycles. The van der Waals surface area contributed by atoms with Crippen molar-refractivity contribution in [2.45, 2.75) is 26.3 Å². The third-order valence-electron chi connectivity index (χ3n) is 3.54. The van der Waals surface area contributed by atoms with Crippen LogP contribution in [-0.2, 0) is 6.54 Å². The smallest absolute Gasteiger partial charge is 0.191 e. The fourth-order valence-electron chi connectivity index (χ4n) is 2.27. The lowest BCUT2D eigenvalue weighted by Gasteiger charge is -2.11. The Morgan fingerprint density at radius 1 is 1.21 bits per heavy atom. The summed E-state index contributed by atoms with van der Waals surface area (Å²) in [5, 5.41) is 10.9. The van der Waals surface area contributed by atoms with Gasteiger partial charge in [0.05, 0.1) is 12.2 Å². The molecule has 24 heavy (non-hydrogen) atoms. The number of aliphatic imine (C=N–C) groups is 1. The molecule has 0 aliphatic rings. The molecule has 0 atom stereocenters. The number of unbranched alkanes of at least 4 members (excludes halogenated alkanes) is 1.